The van der Waals surface area contributed by atoms with Gasteiger partial charge in [0.05, 0.1) is 0 Å². The molecular formula is C12H16O5. The van der Waals surface area contributed by atoms with E-state index in [4.69, 9.17) is 14.6 Å². The zero-order valence-electron chi connectivity index (χ0n) is 9.99. The van der Waals surface area contributed by atoms with Crippen LogP contribution in [0, 0.1) is 11.8 Å². The molecule has 0 amide bonds. The van der Waals surface area contributed by atoms with Crippen molar-refractivity contribution in [2.75, 3.05) is 6.61 Å². The maximum atomic E-state index is 10.8. The van der Waals surface area contributed by atoms with E-state index in [1.165, 1.54) is 0 Å². The van der Waals surface area contributed by atoms with Gasteiger partial charge in [0.1, 0.15) is 5.60 Å². The van der Waals surface area contributed by atoms with E-state index in [1.807, 2.05) is 5.92 Å². The van der Waals surface area contributed by atoms with Crippen molar-refractivity contribution in [3.8, 4) is 11.8 Å². The number of ketones is 1. The van der Waals surface area contributed by atoms with E-state index in [0.717, 1.165) is 19.3 Å². The molecular weight excluding hydrogens is 224 g/mol. The molecule has 0 saturated carbocycles. The summed E-state index contributed by atoms with van der Waals surface area (Å²) in [5, 5.41) is 8.38. The molecule has 0 bridgehead atoms. The highest BCUT2D eigenvalue weighted by atomic mass is 16.7. The first-order valence-corrected chi connectivity index (χ1v) is 5.50. The molecule has 0 spiro atoms. The highest BCUT2D eigenvalue weighted by molar-refractivity contribution is 6.40. The summed E-state index contributed by atoms with van der Waals surface area (Å²) in [5.74, 6) is 1.86. The van der Waals surface area contributed by atoms with Crippen molar-refractivity contribution < 1.29 is 24.2 Å². The van der Waals surface area contributed by atoms with E-state index >= 15 is 0 Å². The Bertz CT molecular complexity index is 355. The van der Waals surface area contributed by atoms with Crippen LogP contribution in [0.25, 0.3) is 0 Å². The number of carboxylic acid groups (broad SMARTS) is 1. The Hall–Kier alpha value is -1.38. The average molecular weight is 240 g/mol. The van der Waals surface area contributed by atoms with Crippen LogP contribution in [0.4, 0.5) is 0 Å². The molecule has 1 atom stereocenters. The lowest BCUT2D eigenvalue weighted by molar-refractivity contribution is -0.199. The number of carbonyl (C=O) groups excluding carboxylic acids is 1. The maximum absolute atomic E-state index is 10.8. The number of hydrogen-bond acceptors (Lipinski definition) is 4. The molecule has 5 heteroatoms. The standard InChI is InChI=1S/C12H16O5/c1-12(2,7-6-9(13)11(14)15)17-10-5-3-4-8-16-10/h10H,3-5,8H2,1-2H3,(H,14,15). The summed E-state index contributed by atoms with van der Waals surface area (Å²) in [4.78, 5) is 21.1. The van der Waals surface area contributed by atoms with Gasteiger partial charge < -0.3 is 14.6 Å². The molecule has 0 aromatic heterocycles. The number of rotatable bonds is 3. The van der Waals surface area contributed by atoms with Crippen LogP contribution >= 0.6 is 0 Å². The van der Waals surface area contributed by atoms with Crippen LogP contribution in [-0.2, 0) is 19.1 Å². The van der Waals surface area contributed by atoms with E-state index in [9.17, 15) is 9.59 Å². The van der Waals surface area contributed by atoms with Crippen molar-refractivity contribution in [3.63, 3.8) is 0 Å². The molecule has 0 radical (unpaired) electrons. The minimum atomic E-state index is -1.55. The Balaban J connectivity index is 2.55. The molecule has 1 aliphatic heterocycles. The van der Waals surface area contributed by atoms with Gasteiger partial charge in [-0.15, -0.1) is 0 Å². The van der Waals surface area contributed by atoms with Gasteiger partial charge in [0.25, 0.3) is 0 Å². The van der Waals surface area contributed by atoms with Crippen molar-refractivity contribution in [2.45, 2.75) is 45.0 Å². The number of Topliss-reactive ketones (excluding diaryl/α,β-unsaturated/α-hetero) is 1. The predicted molar refractivity (Wildman–Crippen MR) is 59.2 cm³/mol. The molecule has 1 fully saturated rings. The molecule has 1 heterocycles. The van der Waals surface area contributed by atoms with E-state index < -0.39 is 17.4 Å². The fraction of sp³-hybridized carbons (Fsp3) is 0.667. The van der Waals surface area contributed by atoms with E-state index in [-0.39, 0.29) is 6.29 Å². The largest absolute Gasteiger partial charge is 0.475 e. The van der Waals surface area contributed by atoms with Crippen molar-refractivity contribution in [1.82, 2.24) is 0 Å². The van der Waals surface area contributed by atoms with Crippen molar-refractivity contribution >= 4 is 11.8 Å². The summed E-state index contributed by atoms with van der Waals surface area (Å²) in [7, 11) is 0. The monoisotopic (exact) mass is 240 g/mol. The topological polar surface area (TPSA) is 72.8 Å². The third kappa shape index (κ3) is 4.98. The minimum Gasteiger partial charge on any atom is -0.475 e. The van der Waals surface area contributed by atoms with Gasteiger partial charge in [-0.25, -0.2) is 4.79 Å². The van der Waals surface area contributed by atoms with Gasteiger partial charge in [0.15, 0.2) is 6.29 Å². The van der Waals surface area contributed by atoms with Crippen LogP contribution in [0.5, 0.6) is 0 Å². The summed E-state index contributed by atoms with van der Waals surface area (Å²) in [6, 6.07) is 0. The first kappa shape index (κ1) is 13.7. The summed E-state index contributed by atoms with van der Waals surface area (Å²) < 4.78 is 10.9. The molecule has 1 unspecified atom stereocenters. The average Bonchev–Trinajstić information content (AvgIpc) is 2.26. The summed E-state index contributed by atoms with van der Waals surface area (Å²) in [6.45, 7) is 4.00. The molecule has 0 aliphatic carbocycles. The van der Waals surface area contributed by atoms with Gasteiger partial charge in [0, 0.05) is 6.61 Å². The Morgan fingerprint density at radius 3 is 2.65 bits per heavy atom. The van der Waals surface area contributed by atoms with Crippen molar-refractivity contribution in [3.05, 3.63) is 0 Å². The lowest BCUT2D eigenvalue weighted by Gasteiger charge is -2.29. The summed E-state index contributed by atoms with van der Waals surface area (Å²) in [5.41, 5.74) is -0.896. The number of carboxylic acids is 1. The van der Waals surface area contributed by atoms with Crippen LogP contribution in [0.2, 0.25) is 0 Å². The van der Waals surface area contributed by atoms with Gasteiger partial charge in [-0.3, -0.25) is 4.79 Å². The van der Waals surface area contributed by atoms with Crippen molar-refractivity contribution in [1.29, 1.82) is 0 Å². The van der Waals surface area contributed by atoms with E-state index in [0.29, 0.717) is 6.61 Å². The SMILES string of the molecule is CC(C)(C#CC(=O)C(=O)O)OC1CCCCO1. The maximum Gasteiger partial charge on any atom is 0.385 e. The molecule has 5 nitrogen and oxygen atoms in total. The Kier molecular flexibility index (Phi) is 4.67. The fourth-order valence-electron chi connectivity index (χ4n) is 1.42. The molecule has 1 aliphatic rings. The predicted octanol–water partition coefficient (Wildman–Crippen LogP) is 0.965. The van der Waals surface area contributed by atoms with Crippen molar-refractivity contribution in [2.24, 2.45) is 0 Å². The molecule has 94 valence electrons. The second-order valence-corrected chi connectivity index (χ2v) is 4.31. The molecule has 1 rings (SSSR count). The quantitative estimate of drug-likeness (QED) is 0.452. The highest BCUT2D eigenvalue weighted by Crippen LogP contribution is 2.19. The lowest BCUT2D eigenvalue weighted by atomic mass is 10.1. The number of carbonyl (C=O) groups is 2. The number of aliphatic carboxylic acids is 1. The Labute approximate surface area is 100 Å². The van der Waals surface area contributed by atoms with Crippen LogP contribution < -0.4 is 0 Å². The van der Waals surface area contributed by atoms with Gasteiger partial charge >= 0.3 is 11.8 Å². The van der Waals surface area contributed by atoms with Gasteiger partial charge in [0.2, 0.25) is 0 Å². The zero-order valence-corrected chi connectivity index (χ0v) is 9.99. The molecule has 17 heavy (non-hydrogen) atoms. The first-order chi connectivity index (χ1) is 7.91. The third-order valence-electron chi connectivity index (χ3n) is 2.24. The molecule has 1 saturated heterocycles. The number of ether oxygens (including phenoxy) is 2. The lowest BCUT2D eigenvalue weighted by Crippen LogP contribution is -2.33. The normalized spacial score (nSPS) is 20.2. The molecule has 0 aromatic rings. The second-order valence-electron chi connectivity index (χ2n) is 4.31. The van der Waals surface area contributed by atoms with Crippen LogP contribution in [-0.4, -0.2) is 35.4 Å². The number of hydrogen-bond donors (Lipinski definition) is 1. The second kappa shape index (κ2) is 5.80. The van der Waals surface area contributed by atoms with Crippen LogP contribution in [0.15, 0.2) is 0 Å². The van der Waals surface area contributed by atoms with Gasteiger partial charge in [-0.2, -0.15) is 0 Å². The summed E-state index contributed by atoms with van der Waals surface area (Å²) >= 11 is 0. The Morgan fingerprint density at radius 1 is 1.41 bits per heavy atom. The Morgan fingerprint density at radius 2 is 2.12 bits per heavy atom. The van der Waals surface area contributed by atoms with Gasteiger partial charge in [-0.1, -0.05) is 5.92 Å². The van der Waals surface area contributed by atoms with Crippen LogP contribution in [0.3, 0.4) is 0 Å². The third-order valence-corrected chi connectivity index (χ3v) is 2.24. The van der Waals surface area contributed by atoms with E-state index in [2.05, 4.69) is 5.92 Å². The fourth-order valence-corrected chi connectivity index (χ4v) is 1.42. The molecule has 0 aromatic carbocycles. The zero-order chi connectivity index (χ0) is 12.9. The first-order valence-electron chi connectivity index (χ1n) is 5.50. The van der Waals surface area contributed by atoms with Gasteiger partial charge in [-0.05, 0) is 39.0 Å². The van der Waals surface area contributed by atoms with E-state index in [1.54, 1.807) is 13.8 Å². The molecule has 1 N–H and O–H groups in total. The highest BCUT2D eigenvalue weighted by Gasteiger charge is 2.24. The smallest absolute Gasteiger partial charge is 0.385 e. The minimum absolute atomic E-state index is 0.326. The summed E-state index contributed by atoms with van der Waals surface area (Å²) in [6.07, 6.45) is 2.51. The van der Waals surface area contributed by atoms with Crippen LogP contribution in [0.1, 0.15) is 33.1 Å².